The second-order valence-electron chi connectivity index (χ2n) is 15.6. The Kier molecular flexibility index (Phi) is 8.84. The van der Waals surface area contributed by atoms with Crippen LogP contribution < -0.4 is 5.73 Å². The molecule has 0 saturated carbocycles. The molecule has 1 unspecified atom stereocenters. The molecule has 0 amide bonds. The van der Waals surface area contributed by atoms with E-state index in [0.29, 0.717) is 0 Å². The van der Waals surface area contributed by atoms with Gasteiger partial charge in [-0.15, -0.1) is 0 Å². The molecule has 0 saturated heterocycles. The highest BCUT2D eigenvalue weighted by molar-refractivity contribution is 6.25. The molecular weight excluding hydrogens is 725 g/mol. The van der Waals surface area contributed by atoms with Gasteiger partial charge in [0.15, 0.2) is 0 Å². The standard InChI is InChI=1S/C58H40N2/c59-56(52-25-13-8-18-44(52)39-14-2-1-3-15-39)36-57(43-31-32-51-49-23-10-9-21-47(49)48-22-11-12-24-50(48)55(51)35-43)60-37-38-26-28-41(29-27-38)58-46-20-7-5-17-42(46)34-54-45-19-6-4-16-40(45)30-33-53(54)58/h1-37,56H,59H2/b57-36-,60-37?. The average Bonchev–Trinajstić information content (AvgIpc) is 3.32. The first-order valence-corrected chi connectivity index (χ1v) is 20.6. The minimum Gasteiger partial charge on any atom is -0.321 e. The lowest BCUT2D eigenvalue weighted by Crippen LogP contribution is -2.09. The molecule has 0 radical (unpaired) electrons. The summed E-state index contributed by atoms with van der Waals surface area (Å²) in [6.07, 6.45) is 4.09. The SMILES string of the molecule is NC(/C=C(\N=Cc1ccc(-c2c3ccccc3cc3c2ccc2ccccc23)cc1)c1ccc2c3ccccc3c3ccccc3c2c1)c1ccccc1-c1ccccc1. The summed E-state index contributed by atoms with van der Waals surface area (Å²) in [6, 6.07) is 75.7. The van der Waals surface area contributed by atoms with Crippen molar-refractivity contribution in [3.05, 3.63) is 235 Å². The zero-order valence-electron chi connectivity index (χ0n) is 33.0. The predicted octanol–water partition coefficient (Wildman–Crippen LogP) is 15.1. The molecule has 0 spiro atoms. The minimum atomic E-state index is -0.407. The smallest absolute Gasteiger partial charge is 0.0681 e. The molecule has 0 aliphatic heterocycles. The summed E-state index contributed by atoms with van der Waals surface area (Å²) in [5.74, 6) is 0. The maximum absolute atomic E-state index is 7.18. The van der Waals surface area contributed by atoms with Crippen LogP contribution in [0.25, 0.3) is 92.6 Å². The number of fused-ring (bicyclic) bond motifs is 10. The van der Waals surface area contributed by atoms with Crippen LogP contribution >= 0.6 is 0 Å². The van der Waals surface area contributed by atoms with Crippen LogP contribution in [-0.2, 0) is 0 Å². The van der Waals surface area contributed by atoms with Crippen molar-refractivity contribution in [3.63, 3.8) is 0 Å². The maximum atomic E-state index is 7.18. The summed E-state index contributed by atoms with van der Waals surface area (Å²) < 4.78 is 0. The second-order valence-corrected chi connectivity index (χ2v) is 15.6. The molecule has 0 fully saturated rings. The summed E-state index contributed by atoms with van der Waals surface area (Å²) in [7, 11) is 0. The van der Waals surface area contributed by atoms with Crippen LogP contribution in [0.15, 0.2) is 223 Å². The molecule has 60 heavy (non-hydrogen) atoms. The first-order valence-electron chi connectivity index (χ1n) is 20.6. The topological polar surface area (TPSA) is 38.4 Å². The van der Waals surface area contributed by atoms with Crippen molar-refractivity contribution in [1.82, 2.24) is 0 Å². The highest BCUT2D eigenvalue weighted by Crippen LogP contribution is 2.40. The monoisotopic (exact) mass is 764 g/mol. The lowest BCUT2D eigenvalue weighted by Gasteiger charge is -2.16. The molecule has 0 aromatic heterocycles. The van der Waals surface area contributed by atoms with Crippen molar-refractivity contribution in [2.24, 2.45) is 10.7 Å². The molecule has 2 nitrogen and oxygen atoms in total. The molecule has 1 atom stereocenters. The Morgan fingerprint density at radius 1 is 0.400 bits per heavy atom. The van der Waals surface area contributed by atoms with E-state index < -0.39 is 6.04 Å². The van der Waals surface area contributed by atoms with E-state index in [0.717, 1.165) is 33.5 Å². The summed E-state index contributed by atoms with van der Waals surface area (Å²) in [4.78, 5) is 5.27. The van der Waals surface area contributed by atoms with Crippen molar-refractivity contribution in [1.29, 1.82) is 0 Å². The number of nitrogens with two attached hydrogens (primary N) is 1. The van der Waals surface area contributed by atoms with Crippen molar-refractivity contribution in [2.45, 2.75) is 6.04 Å². The fraction of sp³-hybridized carbons (Fsp3) is 0.0172. The molecule has 0 aliphatic carbocycles. The number of rotatable bonds is 7. The largest absolute Gasteiger partial charge is 0.321 e. The van der Waals surface area contributed by atoms with E-state index in [1.807, 2.05) is 12.3 Å². The molecule has 2 N–H and O–H groups in total. The minimum absolute atomic E-state index is 0.407. The van der Waals surface area contributed by atoms with Gasteiger partial charge in [0.1, 0.15) is 0 Å². The number of nitrogens with zero attached hydrogens (tertiary/aromatic N) is 1. The Balaban J connectivity index is 1.04. The highest BCUT2D eigenvalue weighted by atomic mass is 14.7. The first-order chi connectivity index (χ1) is 29.7. The number of hydrogen-bond acceptors (Lipinski definition) is 2. The van der Waals surface area contributed by atoms with E-state index in [1.165, 1.54) is 75.8 Å². The van der Waals surface area contributed by atoms with Gasteiger partial charge >= 0.3 is 0 Å². The molecule has 2 heteroatoms. The van der Waals surface area contributed by atoms with E-state index >= 15 is 0 Å². The van der Waals surface area contributed by atoms with Crippen LogP contribution in [0.2, 0.25) is 0 Å². The normalized spacial score (nSPS) is 12.7. The third-order valence-corrected chi connectivity index (χ3v) is 12.1. The highest BCUT2D eigenvalue weighted by Gasteiger charge is 2.16. The molecule has 0 bridgehead atoms. The van der Waals surface area contributed by atoms with Crippen molar-refractivity contribution in [3.8, 4) is 22.3 Å². The predicted molar refractivity (Wildman–Crippen MR) is 258 cm³/mol. The summed E-state index contributed by atoms with van der Waals surface area (Å²) >= 11 is 0. The zero-order valence-corrected chi connectivity index (χ0v) is 33.0. The van der Waals surface area contributed by atoms with Crippen molar-refractivity contribution < 1.29 is 0 Å². The van der Waals surface area contributed by atoms with Gasteiger partial charge in [-0.2, -0.15) is 0 Å². The third-order valence-electron chi connectivity index (χ3n) is 12.1. The van der Waals surface area contributed by atoms with Gasteiger partial charge in [-0.3, -0.25) is 4.99 Å². The fourth-order valence-corrected chi connectivity index (χ4v) is 9.22. The Labute approximate surface area is 349 Å². The number of benzene rings is 11. The summed E-state index contributed by atoms with van der Waals surface area (Å²) in [6.45, 7) is 0. The van der Waals surface area contributed by atoms with Crippen LogP contribution in [0.5, 0.6) is 0 Å². The van der Waals surface area contributed by atoms with Gasteiger partial charge in [0.25, 0.3) is 0 Å². The zero-order chi connectivity index (χ0) is 40.0. The second kappa shape index (κ2) is 14.9. The lowest BCUT2D eigenvalue weighted by atomic mass is 9.89. The first kappa shape index (κ1) is 35.5. The molecule has 0 heterocycles. The average molecular weight is 765 g/mol. The van der Waals surface area contributed by atoms with Gasteiger partial charge in [0.2, 0.25) is 0 Å². The van der Waals surface area contributed by atoms with Crippen LogP contribution in [0, 0.1) is 0 Å². The van der Waals surface area contributed by atoms with E-state index in [2.05, 4.69) is 212 Å². The van der Waals surface area contributed by atoms with Crippen LogP contribution in [0.4, 0.5) is 0 Å². The summed E-state index contributed by atoms with van der Waals surface area (Å²) in [5, 5.41) is 14.9. The molecule has 282 valence electrons. The molecule has 0 aliphatic rings. The molecule has 11 aromatic rings. The van der Waals surface area contributed by atoms with Crippen LogP contribution in [0.1, 0.15) is 22.7 Å². The van der Waals surface area contributed by atoms with Gasteiger partial charge in [0.05, 0.1) is 11.7 Å². The molecule has 11 rings (SSSR count). The van der Waals surface area contributed by atoms with Gasteiger partial charge in [-0.05, 0) is 116 Å². The summed E-state index contributed by atoms with van der Waals surface area (Å²) in [5.41, 5.74) is 15.7. The Bertz CT molecular complexity index is 3450. The van der Waals surface area contributed by atoms with E-state index in [-0.39, 0.29) is 0 Å². The van der Waals surface area contributed by atoms with Gasteiger partial charge in [0, 0.05) is 11.8 Å². The van der Waals surface area contributed by atoms with Crippen molar-refractivity contribution >= 4 is 76.5 Å². The number of aliphatic imine (C=N–C) groups is 1. The fourth-order valence-electron chi connectivity index (χ4n) is 9.22. The Morgan fingerprint density at radius 3 is 1.68 bits per heavy atom. The molecule has 11 aromatic carbocycles. The quantitative estimate of drug-likeness (QED) is 0.0980. The van der Waals surface area contributed by atoms with Gasteiger partial charge in [-0.1, -0.05) is 200 Å². The van der Waals surface area contributed by atoms with E-state index in [9.17, 15) is 0 Å². The lowest BCUT2D eigenvalue weighted by molar-refractivity contribution is 0.914. The van der Waals surface area contributed by atoms with E-state index in [1.54, 1.807) is 0 Å². The van der Waals surface area contributed by atoms with Gasteiger partial charge in [-0.25, -0.2) is 0 Å². The van der Waals surface area contributed by atoms with Crippen molar-refractivity contribution in [2.75, 3.05) is 0 Å². The third kappa shape index (κ3) is 6.23. The molecular formula is C58H40N2. The van der Waals surface area contributed by atoms with Crippen LogP contribution in [-0.4, -0.2) is 6.21 Å². The van der Waals surface area contributed by atoms with Gasteiger partial charge < -0.3 is 5.73 Å². The van der Waals surface area contributed by atoms with Crippen LogP contribution in [0.3, 0.4) is 0 Å². The number of hydrogen-bond donors (Lipinski definition) is 1. The Hall–Kier alpha value is -7.65. The Morgan fingerprint density at radius 2 is 0.950 bits per heavy atom. The van der Waals surface area contributed by atoms with E-state index in [4.69, 9.17) is 10.7 Å². The maximum Gasteiger partial charge on any atom is 0.0681 e.